The van der Waals surface area contributed by atoms with E-state index < -0.39 is 0 Å². The number of ether oxygens (including phenoxy) is 3. The summed E-state index contributed by atoms with van der Waals surface area (Å²) in [6.07, 6.45) is 1.26. The van der Waals surface area contributed by atoms with Gasteiger partial charge in [0.1, 0.15) is 5.78 Å². The molecule has 0 aromatic carbocycles. The van der Waals surface area contributed by atoms with Crippen LogP contribution in [-0.2, 0) is 56.5 Å². The molecule has 0 aromatic heterocycles. The third kappa shape index (κ3) is 27.0. The van der Waals surface area contributed by atoms with Crippen molar-refractivity contribution in [3.63, 3.8) is 0 Å². The second kappa shape index (κ2) is 25.3. The van der Waals surface area contributed by atoms with Gasteiger partial charge in [0.15, 0.2) is 0 Å². The van der Waals surface area contributed by atoms with Crippen molar-refractivity contribution in [3.8, 4) is 0 Å². The Morgan fingerprint density at radius 1 is 0.875 bits per heavy atom. The molecule has 24 heavy (non-hydrogen) atoms. The number of amides is 1. The monoisotopic (exact) mass is 424 g/mol. The van der Waals surface area contributed by atoms with Crippen LogP contribution in [0, 0.1) is 0 Å². The van der Waals surface area contributed by atoms with Crippen molar-refractivity contribution in [2.45, 2.75) is 40.0 Å². The molecule has 0 saturated heterocycles. The van der Waals surface area contributed by atoms with Gasteiger partial charge in [0, 0.05) is 58.7 Å². The minimum Gasteiger partial charge on any atom is -0.396 e. The molecule has 0 aliphatic carbocycles. The molecule has 0 unspecified atom stereocenters. The molecule has 2 N–H and O–H groups in total. The minimum absolute atomic E-state index is 0. The average molecular weight is 424 g/mol. The Balaban J connectivity index is -0.00000141. The smallest absolute Gasteiger partial charge is 0.220 e. The van der Waals surface area contributed by atoms with Crippen molar-refractivity contribution in [3.05, 3.63) is 0 Å². The fraction of sp³-hybridized carbons (Fsp3) is 0.875. The van der Waals surface area contributed by atoms with Crippen LogP contribution in [0.4, 0.5) is 0 Å². The number of aliphatic hydroxyl groups is 1. The van der Waals surface area contributed by atoms with Crippen molar-refractivity contribution in [2.24, 2.45) is 0 Å². The normalized spacial score (nSPS) is 9.50. The average Bonchev–Trinajstić information content (AvgIpc) is 2.55. The number of hydrogen-bond acceptors (Lipinski definition) is 6. The Bertz CT molecular complexity index is 279. The van der Waals surface area contributed by atoms with E-state index in [1.54, 1.807) is 0 Å². The predicted molar refractivity (Wildman–Crippen MR) is 88.4 cm³/mol. The van der Waals surface area contributed by atoms with Gasteiger partial charge in [-0.05, 0) is 13.3 Å². The standard InChI is InChI=1S/C14H27NO6.C2H6.Y/c1-13(17)4-7-19-9-11-21-12-10-20-8-5-15-14(18)3-2-6-16;1-2;/h16H,2-12H2,1H3,(H,15,18);1-2H3;. The molecule has 7 nitrogen and oxygen atoms in total. The van der Waals surface area contributed by atoms with Crippen LogP contribution in [0.2, 0.25) is 0 Å². The van der Waals surface area contributed by atoms with Crippen LogP contribution in [0.5, 0.6) is 0 Å². The van der Waals surface area contributed by atoms with Gasteiger partial charge in [-0.3, -0.25) is 9.59 Å². The quantitative estimate of drug-likeness (QED) is 0.380. The predicted octanol–water partition coefficient (Wildman–Crippen LogP) is 0.928. The van der Waals surface area contributed by atoms with Gasteiger partial charge in [0.05, 0.1) is 39.6 Å². The minimum atomic E-state index is -0.0772. The van der Waals surface area contributed by atoms with E-state index in [1.165, 1.54) is 6.92 Å². The first kappa shape index (κ1) is 28.9. The van der Waals surface area contributed by atoms with Gasteiger partial charge in [0.25, 0.3) is 0 Å². The van der Waals surface area contributed by atoms with E-state index in [2.05, 4.69) is 5.32 Å². The molecule has 0 bridgehead atoms. The van der Waals surface area contributed by atoms with E-state index in [0.717, 1.165) is 0 Å². The molecule has 0 aliphatic heterocycles. The zero-order valence-electron chi connectivity index (χ0n) is 15.3. The third-order valence-corrected chi connectivity index (χ3v) is 2.47. The van der Waals surface area contributed by atoms with E-state index in [-0.39, 0.29) is 51.0 Å². The van der Waals surface area contributed by atoms with Gasteiger partial charge in [-0.2, -0.15) is 0 Å². The van der Waals surface area contributed by atoms with E-state index in [9.17, 15) is 9.59 Å². The van der Waals surface area contributed by atoms with Crippen molar-refractivity contribution in [2.75, 3.05) is 52.8 Å². The first-order valence-electron chi connectivity index (χ1n) is 8.27. The van der Waals surface area contributed by atoms with Gasteiger partial charge in [-0.25, -0.2) is 0 Å². The molecular weight excluding hydrogens is 391 g/mol. The number of carbonyl (C=O) groups is 2. The van der Waals surface area contributed by atoms with Crippen LogP contribution < -0.4 is 5.32 Å². The maximum atomic E-state index is 11.2. The van der Waals surface area contributed by atoms with Gasteiger partial charge in [-0.15, -0.1) is 0 Å². The maximum Gasteiger partial charge on any atom is 0.220 e. The van der Waals surface area contributed by atoms with Crippen molar-refractivity contribution in [1.29, 1.82) is 0 Å². The third-order valence-electron chi connectivity index (χ3n) is 2.47. The zero-order chi connectivity index (χ0) is 17.8. The summed E-state index contributed by atoms with van der Waals surface area (Å²) in [7, 11) is 0. The first-order valence-corrected chi connectivity index (χ1v) is 8.27. The summed E-state index contributed by atoms with van der Waals surface area (Å²) in [5, 5.41) is 11.2. The second-order valence-electron chi connectivity index (χ2n) is 4.47. The molecular formula is C16H33NO6Y. The van der Waals surface area contributed by atoms with Crippen molar-refractivity contribution >= 4 is 11.7 Å². The molecule has 0 aliphatic rings. The molecule has 0 fully saturated rings. The molecule has 0 saturated carbocycles. The fourth-order valence-corrected chi connectivity index (χ4v) is 1.35. The van der Waals surface area contributed by atoms with Crippen LogP contribution in [0.25, 0.3) is 0 Å². The molecule has 141 valence electrons. The summed E-state index contributed by atoms with van der Waals surface area (Å²) in [4.78, 5) is 21.8. The number of rotatable bonds is 15. The Morgan fingerprint density at radius 2 is 1.38 bits per heavy atom. The topological polar surface area (TPSA) is 94.1 Å². The van der Waals surface area contributed by atoms with Crippen LogP contribution in [0.1, 0.15) is 40.0 Å². The Morgan fingerprint density at radius 3 is 1.88 bits per heavy atom. The number of nitrogens with one attached hydrogen (secondary N) is 1. The summed E-state index contributed by atoms with van der Waals surface area (Å²) in [6.45, 7) is 8.75. The number of ketones is 1. The Hall–Kier alpha value is 0.0839. The maximum absolute atomic E-state index is 11.2. The molecule has 0 heterocycles. The molecule has 8 heteroatoms. The Labute approximate surface area is 171 Å². The molecule has 1 amide bonds. The molecule has 0 aromatic rings. The van der Waals surface area contributed by atoms with Crippen LogP contribution in [0.15, 0.2) is 0 Å². The first-order chi connectivity index (χ1) is 11.2. The summed E-state index contributed by atoms with van der Waals surface area (Å²) < 4.78 is 15.7. The van der Waals surface area contributed by atoms with Gasteiger partial charge >= 0.3 is 0 Å². The second-order valence-corrected chi connectivity index (χ2v) is 4.47. The van der Waals surface area contributed by atoms with Crippen molar-refractivity contribution in [1.82, 2.24) is 5.32 Å². The summed E-state index contributed by atoms with van der Waals surface area (Å²) >= 11 is 0. The van der Waals surface area contributed by atoms with Crippen LogP contribution in [0.3, 0.4) is 0 Å². The summed E-state index contributed by atoms with van der Waals surface area (Å²) in [5.74, 6) is 0.0411. The number of Topliss-reactive ketones (excluding diaryl/α,β-unsaturated/α-hetero) is 1. The fourth-order valence-electron chi connectivity index (χ4n) is 1.35. The van der Waals surface area contributed by atoms with E-state index in [0.29, 0.717) is 65.4 Å². The SMILES string of the molecule is CC.CC(=O)CCOCCOCCOCCNC(=O)CCCO.[Y]. The molecule has 0 spiro atoms. The van der Waals surface area contributed by atoms with Crippen molar-refractivity contribution < 1.29 is 61.6 Å². The van der Waals surface area contributed by atoms with E-state index >= 15 is 0 Å². The summed E-state index contributed by atoms with van der Waals surface area (Å²) in [5.41, 5.74) is 0. The molecule has 0 atom stereocenters. The van der Waals surface area contributed by atoms with Gasteiger partial charge in [-0.1, -0.05) is 13.8 Å². The molecule has 1 radical (unpaired) electrons. The van der Waals surface area contributed by atoms with E-state index in [1.807, 2.05) is 13.8 Å². The largest absolute Gasteiger partial charge is 0.396 e. The van der Waals surface area contributed by atoms with Gasteiger partial charge < -0.3 is 24.6 Å². The summed E-state index contributed by atoms with van der Waals surface area (Å²) in [6, 6.07) is 0. The number of aliphatic hydroxyl groups excluding tert-OH is 1. The van der Waals surface area contributed by atoms with E-state index in [4.69, 9.17) is 19.3 Å². The van der Waals surface area contributed by atoms with Gasteiger partial charge in [0.2, 0.25) is 5.91 Å². The zero-order valence-corrected chi connectivity index (χ0v) is 18.2. The van der Waals surface area contributed by atoms with Crippen LogP contribution in [-0.4, -0.2) is 69.6 Å². The van der Waals surface area contributed by atoms with Crippen LogP contribution >= 0.6 is 0 Å². The number of hydrogen-bond donors (Lipinski definition) is 2. The Kier molecular flexibility index (Phi) is 30.5. The molecule has 0 rings (SSSR count). The number of carbonyl (C=O) groups excluding carboxylic acids is 2.